The Bertz CT molecular complexity index is 1190. The van der Waals surface area contributed by atoms with Crippen LogP contribution < -0.4 is 10.1 Å². The van der Waals surface area contributed by atoms with E-state index in [1.165, 1.54) is 12.1 Å². The van der Waals surface area contributed by atoms with E-state index in [-0.39, 0.29) is 18.0 Å². The lowest BCUT2D eigenvalue weighted by atomic mass is 10.1. The number of rotatable bonds is 8. The van der Waals surface area contributed by atoms with Gasteiger partial charge in [-0.05, 0) is 59.7 Å². The number of hydrogen-bond donors (Lipinski definition) is 1. The number of nitrogens with one attached hydrogen (secondary N) is 1. The Morgan fingerprint density at radius 2 is 1.78 bits per heavy atom. The van der Waals surface area contributed by atoms with Crippen LogP contribution >= 0.6 is 0 Å². The summed E-state index contributed by atoms with van der Waals surface area (Å²) in [5, 5.41) is 11.8. The summed E-state index contributed by atoms with van der Waals surface area (Å²) < 4.78 is 24.9. The second kappa shape index (κ2) is 12.2. The monoisotopic (exact) mass is 488 g/mol. The zero-order chi connectivity index (χ0) is 25.3. The number of urea groups is 1. The fourth-order valence-electron chi connectivity index (χ4n) is 4.07. The second-order valence-corrected chi connectivity index (χ2v) is 8.61. The molecular formula is C28H29FN4O3. The maximum atomic E-state index is 13.1. The number of hydrogen-bond acceptors (Lipinski definition) is 5. The molecule has 0 radical (unpaired) electrons. The zero-order valence-electron chi connectivity index (χ0n) is 20.2. The van der Waals surface area contributed by atoms with Gasteiger partial charge in [0.25, 0.3) is 0 Å². The van der Waals surface area contributed by atoms with Crippen molar-refractivity contribution < 1.29 is 18.7 Å². The van der Waals surface area contributed by atoms with Crippen LogP contribution in [0.2, 0.25) is 0 Å². The van der Waals surface area contributed by atoms with Crippen LogP contribution in [0.5, 0.6) is 5.75 Å². The summed E-state index contributed by atoms with van der Waals surface area (Å²) in [7, 11) is 1.64. The van der Waals surface area contributed by atoms with Gasteiger partial charge in [-0.25, -0.2) is 9.18 Å². The maximum absolute atomic E-state index is 13.1. The van der Waals surface area contributed by atoms with E-state index in [9.17, 15) is 9.18 Å². The van der Waals surface area contributed by atoms with Crippen molar-refractivity contribution in [2.75, 3.05) is 45.2 Å². The normalized spacial score (nSPS) is 14.6. The maximum Gasteiger partial charge on any atom is 0.321 e. The van der Waals surface area contributed by atoms with Gasteiger partial charge in [0.1, 0.15) is 11.6 Å². The molecule has 1 saturated heterocycles. The first-order chi connectivity index (χ1) is 17.5. The molecule has 36 heavy (non-hydrogen) atoms. The molecule has 7 nitrogen and oxygen atoms in total. The number of amides is 2. The number of benzene rings is 3. The quantitative estimate of drug-likeness (QED) is 0.492. The molecule has 2 amide bonds. The summed E-state index contributed by atoms with van der Waals surface area (Å²) in [6.07, 6.45) is -0.199. The van der Waals surface area contributed by atoms with Gasteiger partial charge < -0.3 is 19.7 Å². The molecule has 1 atom stereocenters. The summed E-state index contributed by atoms with van der Waals surface area (Å²) >= 11 is 0. The molecule has 1 aliphatic rings. The molecule has 0 saturated carbocycles. The van der Waals surface area contributed by atoms with Crippen molar-refractivity contribution >= 4 is 11.7 Å². The number of carbonyl (C=O) groups is 1. The first kappa shape index (κ1) is 25.2. The molecule has 1 heterocycles. The molecule has 0 aromatic heterocycles. The smallest absolute Gasteiger partial charge is 0.321 e. The standard InChI is InChI=1S/C28H29FN4O3/c1-35-26-4-2-3-23(17-26)27(36-20-22-7-5-21(18-30)6-8-22)19-32-13-15-33(16-14-32)28(34)31-25-11-9-24(29)10-12-25/h2-12,17,27H,13-16,19-20H2,1H3,(H,31,34). The Morgan fingerprint density at radius 1 is 1.06 bits per heavy atom. The van der Waals surface area contributed by atoms with Gasteiger partial charge in [0.05, 0.1) is 31.5 Å². The van der Waals surface area contributed by atoms with Crippen LogP contribution in [0.3, 0.4) is 0 Å². The lowest BCUT2D eigenvalue weighted by Gasteiger charge is -2.36. The van der Waals surface area contributed by atoms with E-state index in [1.54, 1.807) is 36.3 Å². The summed E-state index contributed by atoms with van der Waals surface area (Å²) in [5.41, 5.74) is 3.19. The van der Waals surface area contributed by atoms with Gasteiger partial charge in [0.15, 0.2) is 0 Å². The molecule has 1 aliphatic heterocycles. The summed E-state index contributed by atoms with van der Waals surface area (Å²) in [5.74, 6) is 0.426. The molecule has 3 aromatic carbocycles. The Labute approximate surface area is 210 Å². The minimum Gasteiger partial charge on any atom is -0.497 e. The Hall–Kier alpha value is -3.93. The molecule has 4 rings (SSSR count). The van der Waals surface area contributed by atoms with Crippen LogP contribution in [-0.4, -0.2) is 55.7 Å². The topological polar surface area (TPSA) is 77.8 Å². The third kappa shape index (κ3) is 6.81. The van der Waals surface area contributed by atoms with Crippen molar-refractivity contribution in [1.29, 1.82) is 5.26 Å². The molecule has 1 fully saturated rings. The van der Waals surface area contributed by atoms with Crippen molar-refractivity contribution in [3.05, 3.63) is 95.3 Å². The molecule has 0 aliphatic carbocycles. The van der Waals surface area contributed by atoms with Crippen molar-refractivity contribution in [2.45, 2.75) is 12.7 Å². The lowest BCUT2D eigenvalue weighted by molar-refractivity contribution is 0.00584. The number of piperazine rings is 1. The van der Waals surface area contributed by atoms with Gasteiger partial charge in [-0.15, -0.1) is 0 Å². The van der Waals surface area contributed by atoms with E-state index in [0.717, 1.165) is 16.9 Å². The Kier molecular flexibility index (Phi) is 8.50. The van der Waals surface area contributed by atoms with Crippen LogP contribution in [-0.2, 0) is 11.3 Å². The van der Waals surface area contributed by atoms with E-state index in [4.69, 9.17) is 14.7 Å². The highest BCUT2D eigenvalue weighted by Crippen LogP contribution is 2.25. The number of methoxy groups -OCH3 is 1. The molecule has 0 spiro atoms. The van der Waals surface area contributed by atoms with Gasteiger partial charge in [0, 0.05) is 38.4 Å². The predicted octanol–water partition coefficient (Wildman–Crippen LogP) is 4.81. The number of nitrogens with zero attached hydrogens (tertiary/aromatic N) is 3. The van der Waals surface area contributed by atoms with Crippen LogP contribution in [0.25, 0.3) is 0 Å². The molecule has 186 valence electrons. The Morgan fingerprint density at radius 3 is 2.44 bits per heavy atom. The van der Waals surface area contributed by atoms with E-state index in [1.807, 2.05) is 36.4 Å². The first-order valence-electron chi connectivity index (χ1n) is 11.8. The molecular weight excluding hydrogens is 459 g/mol. The minimum atomic E-state index is -0.339. The van der Waals surface area contributed by atoms with Gasteiger partial charge >= 0.3 is 6.03 Å². The molecule has 1 N–H and O–H groups in total. The van der Waals surface area contributed by atoms with Crippen LogP contribution in [0.1, 0.15) is 22.8 Å². The number of anilines is 1. The molecule has 3 aromatic rings. The van der Waals surface area contributed by atoms with Crippen LogP contribution in [0, 0.1) is 17.1 Å². The molecule has 1 unspecified atom stereocenters. The van der Waals surface area contributed by atoms with Gasteiger partial charge in [-0.3, -0.25) is 4.90 Å². The van der Waals surface area contributed by atoms with Gasteiger partial charge in [-0.2, -0.15) is 5.26 Å². The SMILES string of the molecule is COc1cccc(C(CN2CCN(C(=O)Nc3ccc(F)cc3)CC2)OCc2ccc(C#N)cc2)c1. The van der Waals surface area contributed by atoms with Crippen molar-refractivity contribution in [2.24, 2.45) is 0 Å². The van der Waals surface area contributed by atoms with E-state index >= 15 is 0 Å². The van der Waals surface area contributed by atoms with E-state index < -0.39 is 0 Å². The fourth-order valence-corrected chi connectivity index (χ4v) is 4.07. The summed E-state index contributed by atoms with van der Waals surface area (Å²) in [6.45, 7) is 3.64. The highest BCUT2D eigenvalue weighted by Gasteiger charge is 2.24. The van der Waals surface area contributed by atoms with Crippen molar-refractivity contribution in [3.8, 4) is 11.8 Å². The highest BCUT2D eigenvalue weighted by molar-refractivity contribution is 5.89. The van der Waals surface area contributed by atoms with Crippen molar-refractivity contribution in [3.63, 3.8) is 0 Å². The second-order valence-electron chi connectivity index (χ2n) is 8.61. The van der Waals surface area contributed by atoms with Crippen molar-refractivity contribution in [1.82, 2.24) is 9.80 Å². The third-order valence-electron chi connectivity index (χ3n) is 6.18. The highest BCUT2D eigenvalue weighted by atomic mass is 19.1. The van der Waals surface area contributed by atoms with Crippen LogP contribution in [0.15, 0.2) is 72.8 Å². The number of ether oxygens (including phenoxy) is 2. The summed E-state index contributed by atoms with van der Waals surface area (Å²) in [4.78, 5) is 16.7. The Balaban J connectivity index is 1.36. The molecule has 0 bridgehead atoms. The average molecular weight is 489 g/mol. The van der Waals surface area contributed by atoms with E-state index in [2.05, 4.69) is 16.3 Å². The summed E-state index contributed by atoms with van der Waals surface area (Å²) in [6, 6.07) is 22.9. The third-order valence-corrected chi connectivity index (χ3v) is 6.18. The average Bonchev–Trinajstić information content (AvgIpc) is 2.93. The van der Waals surface area contributed by atoms with Gasteiger partial charge in [-0.1, -0.05) is 24.3 Å². The first-order valence-corrected chi connectivity index (χ1v) is 11.8. The predicted molar refractivity (Wildman–Crippen MR) is 135 cm³/mol. The lowest BCUT2D eigenvalue weighted by Crippen LogP contribution is -2.50. The fraction of sp³-hybridized carbons (Fsp3) is 0.286. The van der Waals surface area contributed by atoms with Crippen LogP contribution in [0.4, 0.5) is 14.9 Å². The van der Waals surface area contributed by atoms with E-state index in [0.29, 0.717) is 50.6 Å². The number of nitriles is 1. The number of carbonyl (C=O) groups excluding carboxylic acids is 1. The minimum absolute atomic E-state index is 0.192. The van der Waals surface area contributed by atoms with Gasteiger partial charge in [0.2, 0.25) is 0 Å². The molecule has 8 heteroatoms. The zero-order valence-corrected chi connectivity index (χ0v) is 20.2. The largest absolute Gasteiger partial charge is 0.497 e. The number of halogens is 1.